The third-order valence-electron chi connectivity index (χ3n) is 3.31. The molecule has 3 rings (SSSR count). The molecule has 1 saturated carbocycles. The van der Waals surface area contributed by atoms with Gasteiger partial charge in [0.1, 0.15) is 0 Å². The van der Waals surface area contributed by atoms with E-state index < -0.39 is 12.1 Å². The SMILES string of the molecule is Cc1nc(C2[C@H]3CNC[C@@H]23)cs1.O=C(O)C(F)(F)F. The van der Waals surface area contributed by atoms with E-state index in [2.05, 4.69) is 22.6 Å². The summed E-state index contributed by atoms with van der Waals surface area (Å²) < 4.78 is 31.7. The predicted octanol–water partition coefficient (Wildman–Crippen LogP) is 2.02. The number of alkyl halides is 3. The van der Waals surface area contributed by atoms with Crippen molar-refractivity contribution in [3.05, 3.63) is 16.1 Å². The van der Waals surface area contributed by atoms with Gasteiger partial charge < -0.3 is 10.4 Å². The first-order valence-corrected chi connectivity index (χ1v) is 6.61. The third-order valence-corrected chi connectivity index (χ3v) is 4.10. The average molecular weight is 294 g/mol. The summed E-state index contributed by atoms with van der Waals surface area (Å²) in [5.41, 5.74) is 1.36. The van der Waals surface area contributed by atoms with Crippen LogP contribution in [0, 0.1) is 18.8 Å². The second kappa shape index (κ2) is 5.09. The molecule has 1 saturated heterocycles. The van der Waals surface area contributed by atoms with Gasteiger partial charge in [-0.25, -0.2) is 9.78 Å². The van der Waals surface area contributed by atoms with Gasteiger partial charge in [-0.1, -0.05) is 0 Å². The number of aliphatic carboxylic acids is 1. The molecule has 1 unspecified atom stereocenters. The lowest BCUT2D eigenvalue weighted by Gasteiger charge is -1.99. The number of aryl methyl sites for hydroxylation is 1. The molecule has 3 atom stereocenters. The highest BCUT2D eigenvalue weighted by Crippen LogP contribution is 2.55. The van der Waals surface area contributed by atoms with E-state index in [0.29, 0.717) is 0 Å². The van der Waals surface area contributed by atoms with Crippen LogP contribution in [0.15, 0.2) is 5.38 Å². The van der Waals surface area contributed by atoms with Crippen molar-refractivity contribution >= 4 is 17.3 Å². The highest BCUT2D eigenvalue weighted by Gasteiger charge is 2.54. The third kappa shape index (κ3) is 3.24. The van der Waals surface area contributed by atoms with Crippen molar-refractivity contribution in [2.24, 2.45) is 11.8 Å². The first-order valence-electron chi connectivity index (χ1n) is 5.73. The number of carboxylic acids is 1. The van der Waals surface area contributed by atoms with E-state index in [0.717, 1.165) is 17.8 Å². The number of nitrogens with one attached hydrogen (secondary N) is 1. The van der Waals surface area contributed by atoms with Crippen molar-refractivity contribution in [2.45, 2.75) is 19.0 Å². The summed E-state index contributed by atoms with van der Waals surface area (Å²) in [4.78, 5) is 13.4. The van der Waals surface area contributed by atoms with Crippen LogP contribution in [-0.2, 0) is 4.79 Å². The largest absolute Gasteiger partial charge is 0.490 e. The lowest BCUT2D eigenvalue weighted by Crippen LogP contribution is -2.21. The Morgan fingerprint density at radius 1 is 1.47 bits per heavy atom. The molecule has 2 fully saturated rings. The Labute approximate surface area is 111 Å². The number of rotatable bonds is 1. The van der Waals surface area contributed by atoms with Crippen molar-refractivity contribution in [3.8, 4) is 0 Å². The monoisotopic (exact) mass is 294 g/mol. The number of carbonyl (C=O) groups is 1. The highest BCUT2D eigenvalue weighted by atomic mass is 32.1. The lowest BCUT2D eigenvalue weighted by molar-refractivity contribution is -0.192. The summed E-state index contributed by atoms with van der Waals surface area (Å²) in [5.74, 6) is -0.137. The molecule has 19 heavy (non-hydrogen) atoms. The van der Waals surface area contributed by atoms with Crippen molar-refractivity contribution in [3.63, 3.8) is 0 Å². The van der Waals surface area contributed by atoms with E-state index in [9.17, 15) is 13.2 Å². The Kier molecular flexibility index (Phi) is 3.82. The normalized spacial score (nSPS) is 28.3. The van der Waals surface area contributed by atoms with Crippen LogP contribution in [0.3, 0.4) is 0 Å². The Balaban J connectivity index is 0.000000167. The van der Waals surface area contributed by atoms with Crippen LogP contribution in [0.1, 0.15) is 16.6 Å². The Morgan fingerprint density at radius 3 is 2.37 bits per heavy atom. The Morgan fingerprint density at radius 2 is 2.00 bits per heavy atom. The highest BCUT2D eigenvalue weighted by molar-refractivity contribution is 7.09. The predicted molar refractivity (Wildman–Crippen MR) is 63.1 cm³/mol. The fraction of sp³-hybridized carbons (Fsp3) is 0.636. The number of carboxylic acid groups (broad SMARTS) is 1. The van der Waals surface area contributed by atoms with E-state index in [1.54, 1.807) is 11.3 Å². The van der Waals surface area contributed by atoms with E-state index >= 15 is 0 Å². The Hall–Kier alpha value is -1.15. The zero-order valence-electron chi connectivity index (χ0n) is 10.1. The standard InChI is InChI=1S/C9H12N2S.C2HF3O2/c1-5-11-8(4-12-5)9-6-2-10-3-7(6)9;3-2(4,5)1(6)7/h4,6-7,9-10H,2-3H2,1H3;(H,6,7)/t6-,7+,9?;. The van der Waals surface area contributed by atoms with E-state index in [-0.39, 0.29) is 0 Å². The number of fused-ring (bicyclic) bond motifs is 1. The summed E-state index contributed by atoms with van der Waals surface area (Å²) >= 11 is 1.78. The molecule has 106 valence electrons. The summed E-state index contributed by atoms with van der Waals surface area (Å²) in [6, 6.07) is 0. The molecule has 1 aliphatic heterocycles. The molecular weight excluding hydrogens is 281 g/mol. The molecule has 8 heteroatoms. The fourth-order valence-electron chi connectivity index (χ4n) is 2.39. The molecule has 0 aromatic carbocycles. The maximum absolute atomic E-state index is 10.6. The molecule has 1 aliphatic carbocycles. The molecule has 0 spiro atoms. The number of hydrogen-bond acceptors (Lipinski definition) is 4. The van der Waals surface area contributed by atoms with Crippen LogP contribution in [0.4, 0.5) is 13.2 Å². The molecule has 0 amide bonds. The zero-order chi connectivity index (χ0) is 14.2. The minimum atomic E-state index is -5.08. The maximum Gasteiger partial charge on any atom is 0.490 e. The van der Waals surface area contributed by atoms with Gasteiger partial charge in [0.25, 0.3) is 0 Å². The maximum atomic E-state index is 10.6. The van der Waals surface area contributed by atoms with E-state index in [1.165, 1.54) is 23.8 Å². The van der Waals surface area contributed by atoms with Gasteiger partial charge in [0.15, 0.2) is 0 Å². The molecule has 4 nitrogen and oxygen atoms in total. The number of hydrogen-bond donors (Lipinski definition) is 2. The molecular formula is C11H13F3N2O2S. The van der Waals surface area contributed by atoms with Crippen LogP contribution in [0.5, 0.6) is 0 Å². The zero-order valence-corrected chi connectivity index (χ0v) is 10.9. The average Bonchev–Trinajstić information content (AvgIpc) is 2.68. The van der Waals surface area contributed by atoms with E-state index in [4.69, 9.17) is 9.90 Å². The van der Waals surface area contributed by atoms with Crippen molar-refractivity contribution < 1.29 is 23.1 Å². The number of aromatic nitrogens is 1. The number of halogens is 3. The van der Waals surface area contributed by atoms with Gasteiger partial charge in [-0.05, 0) is 31.8 Å². The molecule has 2 N–H and O–H groups in total. The van der Waals surface area contributed by atoms with Crippen molar-refractivity contribution in [2.75, 3.05) is 13.1 Å². The minimum absolute atomic E-state index is 0.802. The molecule has 0 bridgehead atoms. The van der Waals surface area contributed by atoms with Crippen LogP contribution in [0.2, 0.25) is 0 Å². The van der Waals surface area contributed by atoms with Crippen LogP contribution in [-0.4, -0.2) is 35.3 Å². The van der Waals surface area contributed by atoms with Gasteiger partial charge >= 0.3 is 12.1 Å². The summed E-state index contributed by atoms with van der Waals surface area (Å²) in [7, 11) is 0. The number of thiazole rings is 1. The second-order valence-corrected chi connectivity index (χ2v) is 5.67. The summed E-state index contributed by atoms with van der Waals surface area (Å²) in [6.45, 7) is 4.52. The Bertz CT molecular complexity index is 465. The van der Waals surface area contributed by atoms with Crippen LogP contribution >= 0.6 is 11.3 Å². The van der Waals surface area contributed by atoms with Crippen molar-refractivity contribution in [1.82, 2.24) is 10.3 Å². The summed E-state index contributed by atoms with van der Waals surface area (Å²) in [5, 5.41) is 14.0. The van der Waals surface area contributed by atoms with Gasteiger partial charge in [0.2, 0.25) is 0 Å². The molecule has 1 aromatic heterocycles. The van der Waals surface area contributed by atoms with Crippen LogP contribution < -0.4 is 5.32 Å². The smallest absolute Gasteiger partial charge is 0.475 e. The molecule has 0 radical (unpaired) electrons. The van der Waals surface area contributed by atoms with Gasteiger partial charge in [0.05, 0.1) is 10.7 Å². The summed E-state index contributed by atoms with van der Waals surface area (Å²) in [6.07, 6.45) is -5.08. The van der Waals surface area contributed by atoms with E-state index in [1.807, 2.05) is 0 Å². The van der Waals surface area contributed by atoms with Crippen LogP contribution in [0.25, 0.3) is 0 Å². The molecule has 1 aromatic rings. The topological polar surface area (TPSA) is 62.2 Å². The molecule has 2 heterocycles. The fourth-order valence-corrected chi connectivity index (χ4v) is 3.05. The number of nitrogens with zero attached hydrogens (tertiary/aromatic N) is 1. The molecule has 2 aliphatic rings. The van der Waals surface area contributed by atoms with Crippen molar-refractivity contribution in [1.29, 1.82) is 0 Å². The van der Waals surface area contributed by atoms with Gasteiger partial charge in [0, 0.05) is 11.3 Å². The first-order chi connectivity index (χ1) is 8.80. The lowest BCUT2D eigenvalue weighted by atomic mass is 10.2. The minimum Gasteiger partial charge on any atom is -0.475 e. The quantitative estimate of drug-likeness (QED) is 0.832. The first kappa shape index (κ1) is 14.3. The number of piperidine rings is 1. The second-order valence-electron chi connectivity index (χ2n) is 4.61. The van der Waals surface area contributed by atoms with Gasteiger partial charge in [-0.15, -0.1) is 11.3 Å². The van der Waals surface area contributed by atoms with Gasteiger partial charge in [-0.2, -0.15) is 13.2 Å². The van der Waals surface area contributed by atoms with Gasteiger partial charge in [-0.3, -0.25) is 0 Å².